The Morgan fingerprint density at radius 1 is 1.33 bits per heavy atom. The molecule has 0 aliphatic rings. The number of hydrogen-bond donors (Lipinski definition) is 3. The van der Waals surface area contributed by atoms with Crippen LogP contribution in [0.4, 0.5) is 5.69 Å². The van der Waals surface area contributed by atoms with Crippen molar-refractivity contribution in [1.29, 1.82) is 5.26 Å². The predicted octanol–water partition coefficient (Wildman–Crippen LogP) is 3.85. The van der Waals surface area contributed by atoms with Gasteiger partial charge in [0.2, 0.25) is 0 Å². The number of aromatic nitrogens is 4. The molecule has 0 aliphatic heterocycles. The number of amides is 1. The summed E-state index contributed by atoms with van der Waals surface area (Å²) in [6.45, 7) is 1.80. The number of benzene rings is 1. The van der Waals surface area contributed by atoms with E-state index in [1.165, 1.54) is 48.5 Å². The molecule has 1 amide bonds. The molecule has 4 rings (SSSR count). The van der Waals surface area contributed by atoms with Gasteiger partial charge in [0.25, 0.3) is 5.91 Å². The lowest BCUT2D eigenvalue weighted by Gasteiger charge is -2.08. The zero-order valence-electron chi connectivity index (χ0n) is 17.4. The summed E-state index contributed by atoms with van der Waals surface area (Å²) >= 11 is 2.65. The Morgan fingerprint density at radius 2 is 2.15 bits per heavy atom. The fourth-order valence-electron chi connectivity index (χ4n) is 3.02. The van der Waals surface area contributed by atoms with Crippen LogP contribution in [0.25, 0.3) is 11.0 Å². The van der Waals surface area contributed by atoms with E-state index in [9.17, 15) is 14.7 Å². The molecule has 0 radical (unpaired) electrons. The molecule has 4 aromatic rings. The molecule has 12 heteroatoms. The quantitative estimate of drug-likeness (QED) is 0.335. The molecule has 0 saturated carbocycles. The highest BCUT2D eigenvalue weighted by molar-refractivity contribution is 7.98. The molecule has 3 aromatic heterocycles. The standard InChI is InChI=1S/C21H16N6O4S2/c1-10-13(6-22)23-7-14-18(10)27-21(26-14)32-9-17-24-8-16(33-17)19(28)25-11-3-4-15(31-2)12(5-11)20(29)30/h3-5,7-8H,9H2,1-2H3,(H,25,28)(H,26,27)(H,29,30). The summed E-state index contributed by atoms with van der Waals surface area (Å²) in [6.07, 6.45) is 3.06. The summed E-state index contributed by atoms with van der Waals surface area (Å²) in [5, 5.41) is 22.5. The number of H-pyrrole nitrogens is 1. The number of methoxy groups -OCH3 is 1. The van der Waals surface area contributed by atoms with Gasteiger partial charge in [0.15, 0.2) is 5.16 Å². The monoisotopic (exact) mass is 480 g/mol. The van der Waals surface area contributed by atoms with Crippen LogP contribution in [0.1, 0.15) is 36.3 Å². The molecule has 0 saturated heterocycles. The number of ether oxygens (including phenoxy) is 1. The molecule has 0 unspecified atom stereocenters. The van der Waals surface area contributed by atoms with E-state index in [0.717, 1.165) is 16.1 Å². The van der Waals surface area contributed by atoms with Gasteiger partial charge in [-0.1, -0.05) is 11.8 Å². The molecule has 3 heterocycles. The van der Waals surface area contributed by atoms with Crippen molar-refractivity contribution < 1.29 is 19.4 Å². The third-order valence-corrected chi connectivity index (χ3v) is 6.71. The maximum Gasteiger partial charge on any atom is 0.339 e. The number of thioether (sulfide) groups is 1. The number of rotatable bonds is 7. The molecular weight excluding hydrogens is 464 g/mol. The number of carbonyl (C=O) groups is 2. The van der Waals surface area contributed by atoms with Gasteiger partial charge in [-0.3, -0.25) is 4.79 Å². The van der Waals surface area contributed by atoms with Crippen LogP contribution >= 0.6 is 23.1 Å². The van der Waals surface area contributed by atoms with E-state index in [0.29, 0.717) is 32.7 Å². The number of aromatic amines is 1. The zero-order valence-corrected chi connectivity index (χ0v) is 19.0. The number of hydrogen-bond acceptors (Lipinski definition) is 9. The van der Waals surface area contributed by atoms with Crippen LogP contribution in [0, 0.1) is 18.3 Å². The second-order valence-electron chi connectivity index (χ2n) is 6.73. The van der Waals surface area contributed by atoms with Crippen LogP contribution in [0.2, 0.25) is 0 Å². The Morgan fingerprint density at radius 3 is 2.88 bits per heavy atom. The number of nitrogens with zero attached hydrogens (tertiary/aromatic N) is 4. The molecule has 10 nitrogen and oxygen atoms in total. The maximum atomic E-state index is 12.6. The summed E-state index contributed by atoms with van der Waals surface area (Å²) in [4.78, 5) is 40.4. The smallest absolute Gasteiger partial charge is 0.339 e. The average Bonchev–Trinajstić information content (AvgIpc) is 3.45. The molecule has 0 fully saturated rings. The lowest BCUT2D eigenvalue weighted by molar-refractivity contribution is 0.0693. The number of carbonyl (C=O) groups excluding carboxylic acids is 1. The summed E-state index contributed by atoms with van der Waals surface area (Å²) < 4.78 is 5.03. The molecule has 0 bridgehead atoms. The van der Waals surface area contributed by atoms with Gasteiger partial charge in [0.05, 0.1) is 36.3 Å². The van der Waals surface area contributed by atoms with E-state index in [-0.39, 0.29) is 17.2 Å². The third kappa shape index (κ3) is 4.64. The van der Waals surface area contributed by atoms with Crippen LogP contribution in [-0.2, 0) is 5.75 Å². The number of imidazole rings is 1. The molecule has 33 heavy (non-hydrogen) atoms. The second kappa shape index (κ2) is 9.27. The summed E-state index contributed by atoms with van der Waals surface area (Å²) in [5.74, 6) is -0.848. The Balaban J connectivity index is 1.43. The number of aryl methyl sites for hydroxylation is 1. The lowest BCUT2D eigenvalue weighted by Crippen LogP contribution is -2.11. The van der Waals surface area contributed by atoms with Crippen molar-refractivity contribution in [3.8, 4) is 11.8 Å². The van der Waals surface area contributed by atoms with Crippen molar-refractivity contribution in [2.24, 2.45) is 0 Å². The first kappa shape index (κ1) is 22.3. The van der Waals surface area contributed by atoms with Gasteiger partial charge in [-0.15, -0.1) is 11.3 Å². The Hall–Kier alpha value is -3.95. The fraction of sp³-hybridized carbons (Fsp3) is 0.143. The van der Waals surface area contributed by atoms with Gasteiger partial charge in [-0.2, -0.15) is 5.26 Å². The number of carboxylic acid groups (broad SMARTS) is 1. The fourth-order valence-corrected chi connectivity index (χ4v) is 4.71. The second-order valence-corrected chi connectivity index (χ2v) is 8.81. The molecule has 0 aliphatic carbocycles. The van der Waals surface area contributed by atoms with Gasteiger partial charge < -0.3 is 20.1 Å². The molecule has 3 N–H and O–H groups in total. The number of anilines is 1. The minimum atomic E-state index is -1.15. The van der Waals surface area contributed by atoms with E-state index in [1.807, 2.05) is 6.07 Å². The lowest BCUT2D eigenvalue weighted by atomic mass is 10.1. The zero-order chi connectivity index (χ0) is 23.5. The van der Waals surface area contributed by atoms with Crippen molar-refractivity contribution >= 4 is 51.7 Å². The molecule has 0 spiro atoms. The molecule has 0 atom stereocenters. The average molecular weight is 481 g/mol. The van der Waals surface area contributed by atoms with Crippen LogP contribution < -0.4 is 10.1 Å². The maximum absolute atomic E-state index is 12.6. The topological polar surface area (TPSA) is 154 Å². The van der Waals surface area contributed by atoms with E-state index in [4.69, 9.17) is 10.00 Å². The van der Waals surface area contributed by atoms with Crippen LogP contribution in [-0.4, -0.2) is 44.0 Å². The van der Waals surface area contributed by atoms with Gasteiger partial charge in [-0.05, 0) is 25.1 Å². The number of aromatic carboxylic acids is 1. The number of fused-ring (bicyclic) bond motifs is 1. The van der Waals surface area contributed by atoms with Crippen molar-refractivity contribution in [3.05, 3.63) is 57.3 Å². The van der Waals surface area contributed by atoms with Crippen molar-refractivity contribution in [1.82, 2.24) is 19.9 Å². The molecular formula is C21H16N6O4S2. The number of nitriles is 1. The van der Waals surface area contributed by atoms with Gasteiger partial charge in [-0.25, -0.2) is 19.7 Å². The molecule has 1 aromatic carbocycles. The summed E-state index contributed by atoms with van der Waals surface area (Å²) in [6, 6.07) is 6.44. The first-order valence-electron chi connectivity index (χ1n) is 9.45. The normalized spacial score (nSPS) is 10.7. The van der Waals surface area contributed by atoms with Gasteiger partial charge in [0.1, 0.15) is 33.0 Å². The van der Waals surface area contributed by atoms with E-state index in [1.54, 1.807) is 19.2 Å². The van der Waals surface area contributed by atoms with Crippen molar-refractivity contribution in [2.75, 3.05) is 12.4 Å². The number of pyridine rings is 1. The minimum Gasteiger partial charge on any atom is -0.496 e. The SMILES string of the molecule is COc1ccc(NC(=O)c2cnc(CSc3nc4c(C)c(C#N)ncc4[nH]3)s2)cc1C(=O)O. The van der Waals surface area contributed by atoms with Crippen molar-refractivity contribution in [3.63, 3.8) is 0 Å². The predicted molar refractivity (Wildman–Crippen MR) is 123 cm³/mol. The van der Waals surface area contributed by atoms with Crippen LogP contribution in [0.5, 0.6) is 5.75 Å². The highest BCUT2D eigenvalue weighted by atomic mass is 32.2. The van der Waals surface area contributed by atoms with Crippen LogP contribution in [0.15, 0.2) is 35.7 Å². The summed E-state index contributed by atoms with van der Waals surface area (Å²) in [5.41, 5.74) is 2.79. The Labute approximate surface area is 195 Å². The Kier molecular flexibility index (Phi) is 6.25. The van der Waals surface area contributed by atoms with Crippen LogP contribution in [0.3, 0.4) is 0 Å². The minimum absolute atomic E-state index is 0.0464. The molecule has 166 valence electrons. The van der Waals surface area contributed by atoms with E-state index < -0.39 is 5.97 Å². The summed E-state index contributed by atoms with van der Waals surface area (Å²) in [7, 11) is 1.38. The number of nitrogens with one attached hydrogen (secondary N) is 2. The largest absolute Gasteiger partial charge is 0.496 e. The van der Waals surface area contributed by atoms with Gasteiger partial charge in [0, 0.05) is 11.3 Å². The Bertz CT molecular complexity index is 1420. The highest BCUT2D eigenvalue weighted by Gasteiger charge is 2.16. The van der Waals surface area contributed by atoms with Gasteiger partial charge >= 0.3 is 5.97 Å². The first-order valence-corrected chi connectivity index (χ1v) is 11.3. The highest BCUT2D eigenvalue weighted by Crippen LogP contribution is 2.28. The third-order valence-electron chi connectivity index (χ3n) is 4.65. The van der Waals surface area contributed by atoms with E-state index >= 15 is 0 Å². The number of carboxylic acids is 1. The van der Waals surface area contributed by atoms with E-state index in [2.05, 4.69) is 25.3 Å². The van der Waals surface area contributed by atoms with Crippen molar-refractivity contribution in [2.45, 2.75) is 17.8 Å². The first-order chi connectivity index (χ1) is 15.9. The number of thiazole rings is 1.